The first-order chi connectivity index (χ1) is 9.35. The summed E-state index contributed by atoms with van der Waals surface area (Å²) in [6.45, 7) is 3.23. The predicted octanol–water partition coefficient (Wildman–Crippen LogP) is 0.996. The first kappa shape index (κ1) is 16.6. The highest BCUT2D eigenvalue weighted by molar-refractivity contribution is 7.89. The van der Waals surface area contributed by atoms with Crippen molar-refractivity contribution in [3.63, 3.8) is 0 Å². The summed E-state index contributed by atoms with van der Waals surface area (Å²) in [7, 11) is -3.86. The predicted molar refractivity (Wildman–Crippen MR) is 74.3 cm³/mol. The van der Waals surface area contributed by atoms with Crippen LogP contribution in [0.3, 0.4) is 0 Å². The maximum absolute atomic E-state index is 12.3. The van der Waals surface area contributed by atoms with E-state index >= 15 is 0 Å². The fourth-order valence-corrected chi connectivity index (χ4v) is 3.41. The van der Waals surface area contributed by atoms with E-state index in [1.165, 1.54) is 12.1 Å². The fourth-order valence-electron chi connectivity index (χ4n) is 1.76. The van der Waals surface area contributed by atoms with Crippen molar-refractivity contribution in [1.29, 1.82) is 0 Å². The van der Waals surface area contributed by atoms with Gasteiger partial charge in [-0.05, 0) is 30.5 Å². The van der Waals surface area contributed by atoms with Crippen molar-refractivity contribution in [2.24, 2.45) is 0 Å². The van der Waals surface area contributed by atoms with Gasteiger partial charge in [-0.15, -0.1) is 0 Å². The Morgan fingerprint density at radius 1 is 1.35 bits per heavy atom. The van der Waals surface area contributed by atoms with Crippen LogP contribution in [0.2, 0.25) is 0 Å². The number of carbonyl (C=O) groups is 1. The third-order valence-corrected chi connectivity index (χ3v) is 4.62. The van der Waals surface area contributed by atoms with Gasteiger partial charge in [0.05, 0.1) is 17.1 Å². The van der Waals surface area contributed by atoms with Gasteiger partial charge in [-0.1, -0.05) is 19.9 Å². The maximum Gasteiger partial charge on any atom is 0.335 e. The van der Waals surface area contributed by atoms with Crippen molar-refractivity contribution < 1.29 is 23.4 Å². The van der Waals surface area contributed by atoms with Gasteiger partial charge < -0.3 is 10.2 Å². The number of rotatable bonds is 7. The van der Waals surface area contributed by atoms with Crippen LogP contribution < -0.4 is 4.72 Å². The van der Waals surface area contributed by atoms with Crippen molar-refractivity contribution in [3.05, 3.63) is 29.3 Å². The molecule has 0 heterocycles. The van der Waals surface area contributed by atoms with E-state index < -0.39 is 22.0 Å². The number of carboxylic acid groups (broad SMARTS) is 1. The fraction of sp³-hybridized carbons (Fsp3) is 0.462. The number of aryl methyl sites for hydroxylation is 1. The van der Waals surface area contributed by atoms with Gasteiger partial charge in [-0.3, -0.25) is 0 Å². The summed E-state index contributed by atoms with van der Waals surface area (Å²) in [6, 6.07) is 3.44. The van der Waals surface area contributed by atoms with E-state index in [0.29, 0.717) is 18.4 Å². The summed E-state index contributed by atoms with van der Waals surface area (Å²) in [6.07, 6.45) is 0.905. The SMILES string of the molecule is CCc1ccc(C(=O)O)cc1S(=O)(=O)N[C@@H](CC)CO. The van der Waals surface area contributed by atoms with Crippen molar-refractivity contribution in [2.75, 3.05) is 6.61 Å². The van der Waals surface area contributed by atoms with Crippen LogP contribution in [-0.4, -0.2) is 37.2 Å². The molecule has 0 aliphatic heterocycles. The molecule has 0 saturated carbocycles. The smallest absolute Gasteiger partial charge is 0.335 e. The third kappa shape index (κ3) is 3.78. The number of aliphatic hydroxyl groups is 1. The lowest BCUT2D eigenvalue weighted by Crippen LogP contribution is -2.37. The molecule has 112 valence electrons. The molecule has 0 aromatic heterocycles. The van der Waals surface area contributed by atoms with Gasteiger partial charge in [0.1, 0.15) is 0 Å². The Kier molecular flexibility index (Phi) is 5.67. The highest BCUT2D eigenvalue weighted by atomic mass is 32.2. The van der Waals surface area contributed by atoms with Crippen LogP contribution in [0.25, 0.3) is 0 Å². The van der Waals surface area contributed by atoms with Gasteiger partial charge in [0, 0.05) is 6.04 Å². The number of carboxylic acids is 1. The zero-order valence-corrected chi connectivity index (χ0v) is 12.3. The average molecular weight is 301 g/mol. The molecule has 6 nitrogen and oxygen atoms in total. The second-order valence-corrected chi connectivity index (χ2v) is 6.07. The van der Waals surface area contributed by atoms with E-state index in [0.717, 1.165) is 6.07 Å². The summed E-state index contributed by atoms with van der Waals surface area (Å²) in [5.74, 6) is -1.18. The summed E-state index contributed by atoms with van der Waals surface area (Å²) < 4.78 is 27.0. The molecule has 0 amide bonds. The van der Waals surface area contributed by atoms with Crippen LogP contribution in [0.1, 0.15) is 36.2 Å². The molecule has 20 heavy (non-hydrogen) atoms. The van der Waals surface area contributed by atoms with Gasteiger partial charge in [0.15, 0.2) is 0 Å². The van der Waals surface area contributed by atoms with E-state index in [-0.39, 0.29) is 17.1 Å². The molecular formula is C13H19NO5S. The molecule has 0 unspecified atom stereocenters. The van der Waals surface area contributed by atoms with E-state index in [9.17, 15) is 13.2 Å². The highest BCUT2D eigenvalue weighted by Crippen LogP contribution is 2.19. The molecule has 1 aromatic rings. The van der Waals surface area contributed by atoms with Crippen LogP contribution in [0.5, 0.6) is 0 Å². The summed E-state index contributed by atoms with van der Waals surface area (Å²) in [5, 5.41) is 18.0. The van der Waals surface area contributed by atoms with E-state index in [1.54, 1.807) is 13.8 Å². The van der Waals surface area contributed by atoms with Crippen molar-refractivity contribution >= 4 is 16.0 Å². The standard InChI is InChI=1S/C13H19NO5S/c1-3-9-5-6-10(13(16)17)7-12(9)20(18,19)14-11(4-2)8-15/h5-7,11,14-15H,3-4,8H2,1-2H3,(H,16,17)/t11-/m0/s1. The van der Waals surface area contributed by atoms with Crippen LogP contribution >= 0.6 is 0 Å². The number of benzene rings is 1. The molecule has 7 heteroatoms. The molecule has 3 N–H and O–H groups in total. The number of nitrogens with one attached hydrogen (secondary N) is 1. The monoisotopic (exact) mass is 301 g/mol. The van der Waals surface area contributed by atoms with Gasteiger partial charge in [0.2, 0.25) is 10.0 Å². The normalized spacial score (nSPS) is 13.2. The molecule has 0 aliphatic rings. The lowest BCUT2D eigenvalue weighted by atomic mass is 10.1. The van der Waals surface area contributed by atoms with Gasteiger partial charge >= 0.3 is 5.97 Å². The molecule has 0 saturated heterocycles. The van der Waals surface area contributed by atoms with Crippen LogP contribution in [-0.2, 0) is 16.4 Å². The minimum absolute atomic E-state index is 0.0493. The first-order valence-electron chi connectivity index (χ1n) is 6.35. The van der Waals surface area contributed by atoms with Crippen molar-refractivity contribution in [3.8, 4) is 0 Å². The maximum atomic E-state index is 12.3. The number of hydrogen-bond acceptors (Lipinski definition) is 4. The lowest BCUT2D eigenvalue weighted by Gasteiger charge is -2.16. The Labute approximate surface area is 118 Å². The first-order valence-corrected chi connectivity index (χ1v) is 7.83. The summed E-state index contributed by atoms with van der Waals surface area (Å²) in [4.78, 5) is 10.9. The Balaban J connectivity index is 3.28. The summed E-state index contributed by atoms with van der Waals surface area (Å²) in [5.41, 5.74) is 0.454. The number of aliphatic hydroxyl groups excluding tert-OH is 1. The average Bonchev–Trinajstić information content (AvgIpc) is 2.43. The molecule has 0 aliphatic carbocycles. The molecule has 0 bridgehead atoms. The zero-order valence-electron chi connectivity index (χ0n) is 11.5. The molecule has 1 atom stereocenters. The molecular weight excluding hydrogens is 282 g/mol. The molecule has 1 aromatic carbocycles. The Hall–Kier alpha value is -1.44. The van der Waals surface area contributed by atoms with E-state index in [4.69, 9.17) is 10.2 Å². The molecule has 1 rings (SSSR count). The second kappa shape index (κ2) is 6.83. The number of hydrogen-bond donors (Lipinski definition) is 3. The Bertz CT molecular complexity index is 578. The lowest BCUT2D eigenvalue weighted by molar-refractivity contribution is 0.0696. The number of sulfonamides is 1. The quantitative estimate of drug-likeness (QED) is 0.697. The van der Waals surface area contributed by atoms with Crippen molar-refractivity contribution in [1.82, 2.24) is 4.72 Å². The van der Waals surface area contributed by atoms with Crippen molar-refractivity contribution in [2.45, 2.75) is 37.6 Å². The molecule has 0 radical (unpaired) electrons. The largest absolute Gasteiger partial charge is 0.478 e. The topological polar surface area (TPSA) is 104 Å². The van der Waals surface area contributed by atoms with Crippen LogP contribution in [0.4, 0.5) is 0 Å². The minimum Gasteiger partial charge on any atom is -0.478 e. The number of aromatic carboxylic acids is 1. The van der Waals surface area contributed by atoms with Crippen LogP contribution in [0.15, 0.2) is 23.1 Å². The zero-order chi connectivity index (χ0) is 15.3. The molecule has 0 fully saturated rings. The Morgan fingerprint density at radius 2 is 2.00 bits per heavy atom. The van der Waals surface area contributed by atoms with Gasteiger partial charge in [0.25, 0.3) is 0 Å². The van der Waals surface area contributed by atoms with Crippen LogP contribution in [0, 0.1) is 0 Å². The third-order valence-electron chi connectivity index (χ3n) is 3.02. The highest BCUT2D eigenvalue weighted by Gasteiger charge is 2.22. The minimum atomic E-state index is -3.86. The van der Waals surface area contributed by atoms with E-state index in [2.05, 4.69) is 4.72 Å². The van der Waals surface area contributed by atoms with Gasteiger partial charge in [-0.25, -0.2) is 17.9 Å². The second-order valence-electron chi connectivity index (χ2n) is 4.39. The molecule has 0 spiro atoms. The summed E-state index contributed by atoms with van der Waals surface area (Å²) >= 11 is 0. The van der Waals surface area contributed by atoms with E-state index in [1.807, 2.05) is 0 Å². The van der Waals surface area contributed by atoms with Gasteiger partial charge in [-0.2, -0.15) is 0 Å². The Morgan fingerprint density at radius 3 is 2.45 bits per heavy atom.